The van der Waals surface area contributed by atoms with E-state index in [1.807, 2.05) is 11.8 Å². The summed E-state index contributed by atoms with van der Waals surface area (Å²) in [6.45, 7) is 3.02. The smallest absolute Gasteiger partial charge is 0.380 e. The number of para-hydroxylation sites is 1. The molecule has 2 fully saturated rings. The summed E-state index contributed by atoms with van der Waals surface area (Å²) >= 11 is 1.87. The molecule has 2 saturated heterocycles. The van der Waals surface area contributed by atoms with Crippen LogP contribution >= 0.6 is 11.8 Å². The molecule has 12 heteroatoms. The van der Waals surface area contributed by atoms with Crippen molar-refractivity contribution in [3.05, 3.63) is 47.3 Å². The van der Waals surface area contributed by atoms with Crippen LogP contribution in [0.3, 0.4) is 0 Å². The average Bonchev–Trinajstić information content (AvgIpc) is 3.63. The molecule has 192 valence electrons. The lowest BCUT2D eigenvalue weighted by atomic mass is 10.2. The number of benzene rings is 1. The van der Waals surface area contributed by atoms with Crippen LogP contribution in [0.15, 0.2) is 24.5 Å². The van der Waals surface area contributed by atoms with Crippen LogP contribution in [0.1, 0.15) is 40.9 Å². The molecule has 2 aromatic heterocycles. The minimum absolute atomic E-state index is 0.0785. The number of aromatic amines is 2. The summed E-state index contributed by atoms with van der Waals surface area (Å²) in [7, 11) is 0. The minimum atomic E-state index is -4.51. The highest BCUT2D eigenvalue weighted by Gasteiger charge is 2.41. The van der Waals surface area contributed by atoms with E-state index < -0.39 is 11.7 Å². The Morgan fingerprint density at radius 3 is 2.97 bits per heavy atom. The zero-order valence-corrected chi connectivity index (χ0v) is 20.3. The first-order valence-corrected chi connectivity index (χ1v) is 13.1. The van der Waals surface area contributed by atoms with Crippen LogP contribution in [0.2, 0.25) is 0 Å². The van der Waals surface area contributed by atoms with E-state index in [1.54, 1.807) is 6.33 Å². The van der Waals surface area contributed by atoms with Crippen molar-refractivity contribution < 1.29 is 22.7 Å². The topological polar surface area (TPSA) is 98.9 Å². The monoisotopic (exact) mass is 520 g/mol. The van der Waals surface area contributed by atoms with Crippen LogP contribution in [0.5, 0.6) is 0 Å². The van der Waals surface area contributed by atoms with Gasteiger partial charge in [-0.3, -0.25) is 9.69 Å². The maximum atomic E-state index is 13.4. The molecule has 1 aromatic carbocycles. The third kappa shape index (κ3) is 4.61. The number of amides is 1. The number of alkyl halides is 3. The van der Waals surface area contributed by atoms with Crippen LogP contribution in [0, 0.1) is 0 Å². The van der Waals surface area contributed by atoms with Gasteiger partial charge in [-0.15, -0.1) is 11.8 Å². The SMILES string of the molecule is O=C(Cc1nc2c(C(F)(F)F)cccc2[nH]1)NC1CN(C2CCOC2)C[C@@H]1SC1CCc2nc[nH]c21. The number of halogens is 3. The molecule has 0 radical (unpaired) electrons. The number of hydrogen-bond donors (Lipinski definition) is 3. The van der Waals surface area contributed by atoms with Gasteiger partial charge in [-0.2, -0.15) is 13.2 Å². The van der Waals surface area contributed by atoms with Crippen LogP contribution in [0.4, 0.5) is 13.2 Å². The summed E-state index contributed by atoms with van der Waals surface area (Å²) in [4.78, 5) is 30.1. The standard InChI is InChI=1S/C24H27F3N6O2S/c25-24(26,27)14-2-1-3-16-22(14)32-20(30-16)8-21(34)31-17-9-33(13-6-7-35-11-13)10-19(17)36-18-5-4-15-23(18)29-12-28-15/h1-3,12-13,17-19H,4-11H2,(H,28,29)(H,30,32)(H,31,34)/t13?,17?,18?,19-/m0/s1. The first-order valence-electron chi connectivity index (χ1n) is 12.2. The van der Waals surface area contributed by atoms with Gasteiger partial charge in [0.2, 0.25) is 5.91 Å². The van der Waals surface area contributed by atoms with Gasteiger partial charge < -0.3 is 20.0 Å². The van der Waals surface area contributed by atoms with E-state index in [4.69, 9.17) is 4.74 Å². The van der Waals surface area contributed by atoms with Crippen LogP contribution in [0.25, 0.3) is 11.0 Å². The molecule has 4 heterocycles. The van der Waals surface area contributed by atoms with Crippen molar-refractivity contribution in [2.75, 3.05) is 26.3 Å². The van der Waals surface area contributed by atoms with Crippen molar-refractivity contribution in [2.24, 2.45) is 0 Å². The van der Waals surface area contributed by atoms with E-state index in [-0.39, 0.29) is 40.5 Å². The molecule has 3 N–H and O–H groups in total. The van der Waals surface area contributed by atoms with Gasteiger partial charge in [0.15, 0.2) is 0 Å². The molecule has 4 atom stereocenters. The summed E-state index contributed by atoms with van der Waals surface area (Å²) in [5.74, 6) is -0.0308. The highest BCUT2D eigenvalue weighted by atomic mass is 32.2. The van der Waals surface area contributed by atoms with Gasteiger partial charge in [0.25, 0.3) is 0 Å². The number of likely N-dealkylation sites (tertiary alicyclic amines) is 1. The molecule has 1 aliphatic carbocycles. The second-order valence-corrected chi connectivity index (χ2v) is 11.1. The number of carbonyl (C=O) groups is 1. The summed E-state index contributed by atoms with van der Waals surface area (Å²) in [5, 5.41) is 3.65. The zero-order chi connectivity index (χ0) is 24.9. The number of carbonyl (C=O) groups excluding carboxylic acids is 1. The second kappa shape index (κ2) is 9.38. The highest BCUT2D eigenvalue weighted by Crippen LogP contribution is 2.44. The van der Waals surface area contributed by atoms with Crippen molar-refractivity contribution in [1.82, 2.24) is 30.2 Å². The van der Waals surface area contributed by atoms with E-state index in [0.717, 1.165) is 50.7 Å². The quantitative estimate of drug-likeness (QED) is 0.462. The first-order chi connectivity index (χ1) is 17.3. The molecule has 1 amide bonds. The minimum Gasteiger partial charge on any atom is -0.380 e. The number of rotatable bonds is 6. The molecule has 0 bridgehead atoms. The largest absolute Gasteiger partial charge is 0.418 e. The fraction of sp³-hybridized carbons (Fsp3) is 0.542. The summed E-state index contributed by atoms with van der Waals surface area (Å²) in [5.41, 5.74) is 1.60. The van der Waals surface area contributed by atoms with E-state index in [1.165, 1.54) is 17.8 Å². The van der Waals surface area contributed by atoms with Crippen molar-refractivity contribution in [2.45, 2.75) is 54.4 Å². The predicted octanol–water partition coefficient (Wildman–Crippen LogP) is 3.23. The highest BCUT2D eigenvalue weighted by molar-refractivity contribution is 8.00. The number of imidazole rings is 2. The second-order valence-electron chi connectivity index (χ2n) is 9.67. The predicted molar refractivity (Wildman–Crippen MR) is 129 cm³/mol. The van der Waals surface area contributed by atoms with Gasteiger partial charge in [0.05, 0.1) is 47.9 Å². The average molecular weight is 521 g/mol. The Kier molecular flexibility index (Phi) is 6.21. The molecule has 0 spiro atoms. The molecule has 3 aromatic rings. The first kappa shape index (κ1) is 23.8. The van der Waals surface area contributed by atoms with Gasteiger partial charge in [0, 0.05) is 36.2 Å². The lowest BCUT2D eigenvalue weighted by molar-refractivity contribution is -0.136. The number of H-pyrrole nitrogens is 2. The van der Waals surface area contributed by atoms with E-state index >= 15 is 0 Å². The fourth-order valence-electron chi connectivity index (χ4n) is 5.56. The summed E-state index contributed by atoms with van der Waals surface area (Å²) in [6.07, 6.45) is 0.0687. The maximum absolute atomic E-state index is 13.4. The number of hydrogen-bond acceptors (Lipinski definition) is 6. The Hall–Kier alpha value is -2.57. The summed E-state index contributed by atoms with van der Waals surface area (Å²) < 4.78 is 45.6. The number of nitrogens with zero attached hydrogens (tertiary/aromatic N) is 3. The third-order valence-corrected chi connectivity index (χ3v) is 8.94. The Morgan fingerprint density at radius 1 is 1.28 bits per heavy atom. The van der Waals surface area contributed by atoms with Crippen molar-refractivity contribution >= 4 is 28.7 Å². The van der Waals surface area contributed by atoms with Gasteiger partial charge in [-0.1, -0.05) is 6.07 Å². The van der Waals surface area contributed by atoms with Gasteiger partial charge in [-0.25, -0.2) is 9.97 Å². The van der Waals surface area contributed by atoms with E-state index in [9.17, 15) is 18.0 Å². The van der Waals surface area contributed by atoms with Crippen LogP contribution in [-0.2, 0) is 28.5 Å². The lowest BCUT2D eigenvalue weighted by Crippen LogP contribution is -2.43. The van der Waals surface area contributed by atoms with E-state index in [0.29, 0.717) is 17.9 Å². The zero-order valence-electron chi connectivity index (χ0n) is 19.5. The molecular formula is C24H27F3N6O2S. The Bertz CT molecular complexity index is 1250. The van der Waals surface area contributed by atoms with Crippen molar-refractivity contribution in [3.8, 4) is 0 Å². The number of nitrogens with one attached hydrogen (secondary N) is 3. The molecule has 8 nitrogen and oxygen atoms in total. The van der Waals surface area contributed by atoms with E-state index in [2.05, 4.69) is 30.2 Å². The number of aromatic nitrogens is 4. The third-order valence-electron chi connectivity index (χ3n) is 7.31. The lowest BCUT2D eigenvalue weighted by Gasteiger charge is -2.22. The van der Waals surface area contributed by atoms with Crippen LogP contribution in [-0.4, -0.2) is 74.4 Å². The number of aryl methyl sites for hydroxylation is 1. The number of fused-ring (bicyclic) bond motifs is 2. The van der Waals surface area contributed by atoms with Gasteiger partial charge in [0.1, 0.15) is 11.3 Å². The Balaban J connectivity index is 1.16. The van der Waals surface area contributed by atoms with Gasteiger partial charge >= 0.3 is 6.18 Å². The molecular weight excluding hydrogens is 493 g/mol. The van der Waals surface area contributed by atoms with Crippen molar-refractivity contribution in [1.29, 1.82) is 0 Å². The normalized spacial score (nSPS) is 26.6. The maximum Gasteiger partial charge on any atom is 0.418 e. The summed E-state index contributed by atoms with van der Waals surface area (Å²) in [6, 6.07) is 4.14. The molecule has 3 aliphatic rings. The fourth-order valence-corrected chi connectivity index (χ4v) is 7.20. The number of ether oxygens (including phenoxy) is 1. The Morgan fingerprint density at radius 2 is 2.17 bits per heavy atom. The Labute approximate surface area is 209 Å². The molecule has 36 heavy (non-hydrogen) atoms. The van der Waals surface area contributed by atoms with Crippen molar-refractivity contribution in [3.63, 3.8) is 0 Å². The number of thioether (sulfide) groups is 1. The molecule has 3 unspecified atom stereocenters. The molecule has 6 rings (SSSR count). The van der Waals surface area contributed by atoms with Gasteiger partial charge in [-0.05, 0) is 31.4 Å². The van der Waals surface area contributed by atoms with Crippen LogP contribution < -0.4 is 5.32 Å². The molecule has 0 saturated carbocycles. The molecule has 2 aliphatic heterocycles.